The molecule has 0 spiro atoms. The molecule has 0 radical (unpaired) electrons. The molecule has 24 heavy (non-hydrogen) atoms. The molecule has 1 aromatic heterocycles. The summed E-state index contributed by atoms with van der Waals surface area (Å²) in [5.41, 5.74) is 5.92. The van der Waals surface area contributed by atoms with Crippen LogP contribution in [-0.4, -0.2) is 21.8 Å². The first kappa shape index (κ1) is 16.5. The average Bonchev–Trinajstić information content (AvgIpc) is 2.90. The summed E-state index contributed by atoms with van der Waals surface area (Å²) in [5.74, 6) is 0. The molecule has 0 atom stereocenters. The molecule has 0 amide bonds. The lowest BCUT2D eigenvalue weighted by molar-refractivity contribution is -0.0981. The van der Waals surface area contributed by atoms with Crippen molar-refractivity contribution in [2.75, 3.05) is 6.54 Å². The molecule has 2 aromatic carbocycles. The minimum absolute atomic E-state index is 0.539. The van der Waals surface area contributed by atoms with E-state index in [1.165, 1.54) is 27.3 Å². The molecule has 3 aromatic rings. The van der Waals surface area contributed by atoms with E-state index in [4.69, 9.17) is 0 Å². The third kappa shape index (κ3) is 3.75. The normalized spacial score (nSPS) is 11.8. The third-order valence-corrected chi connectivity index (χ3v) is 4.35. The second kappa shape index (κ2) is 7.47. The van der Waals surface area contributed by atoms with E-state index >= 15 is 0 Å². The lowest BCUT2D eigenvalue weighted by Crippen LogP contribution is -2.21. The first-order valence-electron chi connectivity index (χ1n) is 8.39. The van der Waals surface area contributed by atoms with Crippen LogP contribution in [0.4, 0.5) is 0 Å². The van der Waals surface area contributed by atoms with Crippen molar-refractivity contribution in [2.24, 2.45) is 0 Å². The number of hydrogen-bond acceptors (Lipinski definition) is 2. The predicted molar refractivity (Wildman–Crippen MR) is 100 cm³/mol. The van der Waals surface area contributed by atoms with Gasteiger partial charge in [0.2, 0.25) is 0 Å². The molecule has 0 saturated heterocycles. The molecule has 124 valence electrons. The summed E-state index contributed by atoms with van der Waals surface area (Å²) in [6.07, 6.45) is 4.92. The van der Waals surface area contributed by atoms with Crippen molar-refractivity contribution in [3.63, 3.8) is 0 Å². The van der Waals surface area contributed by atoms with Crippen molar-refractivity contribution in [3.8, 4) is 0 Å². The second-order valence-electron chi connectivity index (χ2n) is 6.15. The summed E-state index contributed by atoms with van der Waals surface area (Å²) < 4.78 is 0. The molecular weight excluding hydrogens is 296 g/mol. The van der Waals surface area contributed by atoms with Gasteiger partial charge in [-0.15, -0.1) is 0 Å². The number of aryl methyl sites for hydroxylation is 1. The zero-order chi connectivity index (χ0) is 16.9. The fourth-order valence-electron chi connectivity index (χ4n) is 3.11. The fourth-order valence-corrected chi connectivity index (χ4v) is 3.11. The number of nitrogens with one attached hydrogen (secondary N) is 1. The van der Waals surface area contributed by atoms with Gasteiger partial charge in [-0.3, -0.25) is 0 Å². The Morgan fingerprint density at radius 2 is 1.83 bits per heavy atom. The zero-order valence-corrected chi connectivity index (χ0v) is 14.3. The zero-order valence-electron chi connectivity index (χ0n) is 14.3. The van der Waals surface area contributed by atoms with Crippen LogP contribution in [0.1, 0.15) is 29.3 Å². The number of hydroxylamine groups is 2. The highest BCUT2D eigenvalue weighted by Gasteiger charge is 2.10. The van der Waals surface area contributed by atoms with Crippen molar-refractivity contribution >= 4 is 17.0 Å². The van der Waals surface area contributed by atoms with Gasteiger partial charge in [0.05, 0.1) is 0 Å². The van der Waals surface area contributed by atoms with E-state index < -0.39 is 0 Å². The van der Waals surface area contributed by atoms with Gasteiger partial charge >= 0.3 is 0 Å². The van der Waals surface area contributed by atoms with E-state index in [9.17, 15) is 5.21 Å². The summed E-state index contributed by atoms with van der Waals surface area (Å²) in [4.78, 5) is 3.41. The van der Waals surface area contributed by atoms with Crippen LogP contribution in [-0.2, 0) is 13.0 Å². The van der Waals surface area contributed by atoms with Crippen molar-refractivity contribution < 1.29 is 5.21 Å². The van der Waals surface area contributed by atoms with E-state index in [-0.39, 0.29) is 0 Å². The molecule has 0 bridgehead atoms. The molecule has 0 aliphatic carbocycles. The van der Waals surface area contributed by atoms with E-state index in [1.807, 2.05) is 19.1 Å². The highest BCUT2D eigenvalue weighted by molar-refractivity contribution is 5.84. The summed E-state index contributed by atoms with van der Waals surface area (Å²) in [6, 6.07) is 16.6. The van der Waals surface area contributed by atoms with Crippen molar-refractivity contribution in [2.45, 2.75) is 26.8 Å². The number of fused-ring (bicyclic) bond motifs is 1. The number of allylic oxidation sites excluding steroid dienone is 1. The van der Waals surface area contributed by atoms with Crippen LogP contribution < -0.4 is 0 Å². The van der Waals surface area contributed by atoms with Crippen LogP contribution in [0.2, 0.25) is 0 Å². The van der Waals surface area contributed by atoms with Crippen molar-refractivity contribution in [1.29, 1.82) is 0 Å². The number of H-pyrrole nitrogens is 1. The fraction of sp³-hybridized carbons (Fsp3) is 0.238. The lowest BCUT2D eigenvalue weighted by atomic mass is 10.1. The molecule has 3 nitrogen and oxygen atoms in total. The smallest absolute Gasteiger partial charge is 0.0488 e. The van der Waals surface area contributed by atoms with Crippen molar-refractivity contribution in [1.82, 2.24) is 10.0 Å². The molecule has 0 unspecified atom stereocenters. The largest absolute Gasteiger partial charge is 0.358 e. The van der Waals surface area contributed by atoms with Gasteiger partial charge in [0, 0.05) is 29.7 Å². The summed E-state index contributed by atoms with van der Waals surface area (Å²) in [5, 5.41) is 12.9. The number of para-hydroxylation sites is 1. The Labute approximate surface area is 143 Å². The molecule has 0 aliphatic heterocycles. The van der Waals surface area contributed by atoms with Crippen LogP contribution in [0, 0.1) is 6.92 Å². The highest BCUT2D eigenvalue weighted by Crippen LogP contribution is 2.22. The number of benzene rings is 2. The van der Waals surface area contributed by atoms with Gasteiger partial charge in [-0.2, -0.15) is 5.06 Å². The third-order valence-electron chi connectivity index (χ3n) is 4.35. The molecule has 3 rings (SSSR count). The Morgan fingerprint density at radius 1 is 1.08 bits per heavy atom. The Bertz CT molecular complexity index is 831. The van der Waals surface area contributed by atoms with Gasteiger partial charge in [-0.25, -0.2) is 0 Å². The number of hydrogen-bond donors (Lipinski definition) is 2. The van der Waals surface area contributed by atoms with E-state index in [0.717, 1.165) is 17.5 Å². The minimum Gasteiger partial charge on any atom is -0.358 e. The maximum Gasteiger partial charge on any atom is 0.0488 e. The molecule has 3 heteroatoms. The number of nitrogens with zero attached hydrogens (tertiary/aromatic N) is 1. The highest BCUT2D eigenvalue weighted by atomic mass is 16.5. The molecule has 0 aliphatic rings. The SMILES string of the molecule is C/C=C/c1ccc(CN(O)CCc2c(C)[nH]c3ccccc23)cc1. The maximum absolute atomic E-state index is 10.2. The quantitative estimate of drug-likeness (QED) is 0.631. The molecule has 0 saturated carbocycles. The summed E-state index contributed by atoms with van der Waals surface area (Å²) in [6.45, 7) is 5.25. The van der Waals surface area contributed by atoms with Crippen LogP contribution >= 0.6 is 0 Å². The predicted octanol–water partition coefficient (Wildman–Crippen LogP) is 4.94. The van der Waals surface area contributed by atoms with Crippen LogP contribution in [0.15, 0.2) is 54.6 Å². The first-order valence-corrected chi connectivity index (χ1v) is 8.39. The van der Waals surface area contributed by atoms with Crippen LogP contribution in [0.25, 0.3) is 17.0 Å². The van der Waals surface area contributed by atoms with Gasteiger partial charge in [0.15, 0.2) is 0 Å². The molecule has 2 N–H and O–H groups in total. The van der Waals surface area contributed by atoms with Gasteiger partial charge in [0.25, 0.3) is 0 Å². The maximum atomic E-state index is 10.2. The van der Waals surface area contributed by atoms with E-state index in [1.54, 1.807) is 0 Å². The standard InChI is InChI=1S/C21H24N2O/c1-3-6-17-9-11-18(12-10-17)15-23(24)14-13-19-16(2)22-21-8-5-4-7-20(19)21/h3-12,22,24H,13-15H2,1-2H3/b6-3+. The van der Waals surface area contributed by atoms with Crippen LogP contribution in [0.3, 0.4) is 0 Å². The van der Waals surface area contributed by atoms with Crippen molar-refractivity contribution in [3.05, 3.63) is 77.0 Å². The molecular formula is C21H24N2O. The average molecular weight is 320 g/mol. The van der Waals surface area contributed by atoms with E-state index in [2.05, 4.69) is 60.4 Å². The first-order chi connectivity index (χ1) is 11.7. The van der Waals surface area contributed by atoms with E-state index in [0.29, 0.717) is 13.1 Å². The Kier molecular flexibility index (Phi) is 5.14. The van der Waals surface area contributed by atoms with Gasteiger partial charge in [-0.05, 0) is 43.0 Å². The van der Waals surface area contributed by atoms with Crippen LogP contribution in [0.5, 0.6) is 0 Å². The number of aromatic amines is 1. The van der Waals surface area contributed by atoms with Gasteiger partial charge in [0.1, 0.15) is 0 Å². The monoisotopic (exact) mass is 320 g/mol. The number of aromatic nitrogens is 1. The molecule has 0 fully saturated rings. The summed E-state index contributed by atoms with van der Waals surface area (Å²) in [7, 11) is 0. The number of rotatable bonds is 6. The Morgan fingerprint density at radius 3 is 2.58 bits per heavy atom. The molecule has 1 heterocycles. The van der Waals surface area contributed by atoms with Gasteiger partial charge in [-0.1, -0.05) is 54.6 Å². The second-order valence-corrected chi connectivity index (χ2v) is 6.15. The topological polar surface area (TPSA) is 39.3 Å². The lowest BCUT2D eigenvalue weighted by Gasteiger charge is -2.15. The Balaban J connectivity index is 1.62. The Hall–Kier alpha value is -2.36. The summed E-state index contributed by atoms with van der Waals surface area (Å²) >= 11 is 0. The van der Waals surface area contributed by atoms with Gasteiger partial charge < -0.3 is 10.2 Å². The minimum atomic E-state index is 0.539.